The first-order valence-electron chi connectivity index (χ1n) is 6.48. The topological polar surface area (TPSA) is 92.6 Å². The van der Waals surface area contributed by atoms with Crippen molar-refractivity contribution in [3.63, 3.8) is 0 Å². The van der Waals surface area contributed by atoms with Gasteiger partial charge in [0.1, 0.15) is 17.4 Å². The molecule has 0 spiro atoms. The molecule has 1 aromatic carbocycles. The van der Waals surface area contributed by atoms with Crippen molar-refractivity contribution >= 4 is 17.5 Å². The van der Waals surface area contributed by atoms with Crippen LogP contribution in [-0.2, 0) is 4.79 Å². The first-order valence-corrected chi connectivity index (χ1v) is 6.48. The maximum absolute atomic E-state index is 13.3. The average Bonchev–Trinajstić information content (AvgIpc) is 2.45. The molecule has 2 amide bonds. The maximum Gasteiger partial charge on any atom is 0.282 e. The molecule has 1 aromatic rings. The third-order valence-corrected chi connectivity index (χ3v) is 3.36. The van der Waals surface area contributed by atoms with Crippen LogP contribution in [0.3, 0.4) is 0 Å². The highest BCUT2D eigenvalue weighted by atomic mass is 19.1. The fourth-order valence-corrected chi connectivity index (χ4v) is 2.36. The molecule has 0 bridgehead atoms. The molecule has 1 saturated heterocycles. The van der Waals surface area contributed by atoms with Gasteiger partial charge in [-0.1, -0.05) is 6.92 Å². The van der Waals surface area contributed by atoms with Crippen molar-refractivity contribution in [1.29, 1.82) is 0 Å². The lowest BCUT2D eigenvalue weighted by atomic mass is 10.1. The van der Waals surface area contributed by atoms with E-state index in [0.29, 0.717) is 6.42 Å². The molecule has 1 aliphatic rings. The molecular formula is C13H14FN3O4. The van der Waals surface area contributed by atoms with Crippen LogP contribution < -0.4 is 5.32 Å². The van der Waals surface area contributed by atoms with Gasteiger partial charge in [0.2, 0.25) is 5.91 Å². The highest BCUT2D eigenvalue weighted by Crippen LogP contribution is 2.23. The molecule has 8 heteroatoms. The summed E-state index contributed by atoms with van der Waals surface area (Å²) in [6.45, 7) is 2.23. The Morgan fingerprint density at radius 2 is 2.29 bits per heavy atom. The van der Waals surface area contributed by atoms with Crippen molar-refractivity contribution in [3.05, 3.63) is 39.7 Å². The number of hydrogen-bond acceptors (Lipinski definition) is 4. The Morgan fingerprint density at radius 1 is 1.57 bits per heavy atom. The molecule has 0 aromatic heterocycles. The molecule has 21 heavy (non-hydrogen) atoms. The predicted octanol–water partition coefficient (Wildman–Crippen LogP) is 1.08. The molecule has 0 saturated carbocycles. The summed E-state index contributed by atoms with van der Waals surface area (Å²) < 4.78 is 13.3. The van der Waals surface area contributed by atoms with Gasteiger partial charge in [-0.15, -0.1) is 0 Å². The Morgan fingerprint density at radius 3 is 2.90 bits per heavy atom. The number of halogens is 1. The third kappa shape index (κ3) is 2.83. The lowest BCUT2D eigenvalue weighted by molar-refractivity contribution is -0.385. The van der Waals surface area contributed by atoms with Crippen molar-refractivity contribution in [2.45, 2.75) is 19.4 Å². The molecule has 2 rings (SSSR count). The number of carbonyl (C=O) groups excluding carboxylic acids is 2. The van der Waals surface area contributed by atoms with Crippen LogP contribution in [0.1, 0.15) is 23.7 Å². The summed E-state index contributed by atoms with van der Waals surface area (Å²) in [6, 6.07) is 2.01. The third-order valence-electron chi connectivity index (χ3n) is 3.36. The molecule has 112 valence electrons. The van der Waals surface area contributed by atoms with E-state index < -0.39 is 28.4 Å². The average molecular weight is 295 g/mol. The highest BCUT2D eigenvalue weighted by Gasteiger charge is 2.34. The van der Waals surface area contributed by atoms with Crippen LogP contribution >= 0.6 is 0 Å². The summed E-state index contributed by atoms with van der Waals surface area (Å²) in [5, 5.41) is 13.6. The van der Waals surface area contributed by atoms with Crippen LogP contribution in [0.5, 0.6) is 0 Å². The van der Waals surface area contributed by atoms with Gasteiger partial charge < -0.3 is 10.2 Å². The highest BCUT2D eigenvalue weighted by molar-refractivity contribution is 6.01. The van der Waals surface area contributed by atoms with Crippen molar-refractivity contribution in [1.82, 2.24) is 10.2 Å². The van der Waals surface area contributed by atoms with Crippen LogP contribution in [-0.4, -0.2) is 40.8 Å². The van der Waals surface area contributed by atoms with Gasteiger partial charge in [0.25, 0.3) is 11.6 Å². The first-order chi connectivity index (χ1) is 9.95. The SMILES string of the molecule is CCC1C(=O)NCCN1C(=O)c1cc(F)ccc1[N+](=O)[O-]. The molecule has 1 heterocycles. The Bertz CT molecular complexity index is 605. The number of piperazine rings is 1. The summed E-state index contributed by atoms with van der Waals surface area (Å²) in [4.78, 5) is 35.7. The Kier molecular flexibility index (Phi) is 4.15. The van der Waals surface area contributed by atoms with Gasteiger partial charge in [-0.25, -0.2) is 4.39 Å². The number of nitro groups is 1. The zero-order valence-electron chi connectivity index (χ0n) is 11.3. The minimum Gasteiger partial charge on any atom is -0.353 e. The quantitative estimate of drug-likeness (QED) is 0.667. The van der Waals surface area contributed by atoms with Crippen molar-refractivity contribution in [3.8, 4) is 0 Å². The summed E-state index contributed by atoms with van der Waals surface area (Å²) in [6.07, 6.45) is 0.376. The maximum atomic E-state index is 13.3. The summed E-state index contributed by atoms with van der Waals surface area (Å²) >= 11 is 0. The van der Waals surface area contributed by atoms with E-state index in [-0.39, 0.29) is 24.6 Å². The van der Waals surface area contributed by atoms with E-state index >= 15 is 0 Å². The summed E-state index contributed by atoms with van der Waals surface area (Å²) in [5.74, 6) is -1.75. The van der Waals surface area contributed by atoms with E-state index in [4.69, 9.17) is 0 Å². The van der Waals surface area contributed by atoms with Crippen LogP contribution in [0.4, 0.5) is 10.1 Å². The monoisotopic (exact) mass is 295 g/mol. The van der Waals surface area contributed by atoms with Gasteiger partial charge in [-0.3, -0.25) is 19.7 Å². The van der Waals surface area contributed by atoms with Crippen molar-refractivity contribution in [2.75, 3.05) is 13.1 Å². The lowest BCUT2D eigenvalue weighted by Gasteiger charge is -2.34. The van der Waals surface area contributed by atoms with Gasteiger partial charge in [0.05, 0.1) is 4.92 Å². The largest absolute Gasteiger partial charge is 0.353 e. The van der Waals surface area contributed by atoms with Crippen LogP contribution in [0.25, 0.3) is 0 Å². The van der Waals surface area contributed by atoms with Crippen LogP contribution in [0, 0.1) is 15.9 Å². The van der Waals surface area contributed by atoms with Crippen molar-refractivity contribution in [2.24, 2.45) is 0 Å². The number of nitrogens with one attached hydrogen (secondary N) is 1. The van der Waals surface area contributed by atoms with Gasteiger partial charge >= 0.3 is 0 Å². The molecule has 1 aliphatic heterocycles. The first kappa shape index (κ1) is 14.9. The Balaban J connectivity index is 2.41. The number of nitro benzene ring substituents is 1. The molecule has 1 N–H and O–H groups in total. The number of nitrogens with zero attached hydrogens (tertiary/aromatic N) is 2. The van der Waals surface area contributed by atoms with Gasteiger partial charge in [-0.2, -0.15) is 0 Å². The standard InChI is InChI=1S/C13H14FN3O4/c1-2-10-12(18)15-5-6-16(10)13(19)9-7-8(14)3-4-11(9)17(20)21/h3-4,7,10H,2,5-6H2,1H3,(H,15,18). The fraction of sp³-hybridized carbons (Fsp3) is 0.385. The molecular weight excluding hydrogens is 281 g/mol. The van der Waals surface area contributed by atoms with E-state index in [1.54, 1.807) is 6.92 Å². The van der Waals surface area contributed by atoms with Crippen molar-refractivity contribution < 1.29 is 18.9 Å². The second-order valence-electron chi connectivity index (χ2n) is 4.63. The molecule has 0 radical (unpaired) electrons. The lowest BCUT2D eigenvalue weighted by Crippen LogP contribution is -2.57. The van der Waals surface area contributed by atoms with E-state index in [9.17, 15) is 24.1 Å². The molecule has 1 fully saturated rings. The second-order valence-corrected chi connectivity index (χ2v) is 4.63. The minimum atomic E-state index is -0.738. The van der Waals surface area contributed by atoms with Gasteiger partial charge in [-0.05, 0) is 18.6 Å². The Hall–Kier alpha value is -2.51. The van der Waals surface area contributed by atoms with Gasteiger partial charge in [0.15, 0.2) is 0 Å². The number of rotatable bonds is 3. The normalized spacial score (nSPS) is 18.3. The van der Waals surface area contributed by atoms with E-state index in [0.717, 1.165) is 18.2 Å². The summed E-state index contributed by atoms with van der Waals surface area (Å²) in [7, 11) is 0. The van der Waals surface area contributed by atoms with E-state index in [1.807, 2.05) is 0 Å². The fourth-order valence-electron chi connectivity index (χ4n) is 2.36. The number of hydrogen-bond donors (Lipinski definition) is 1. The summed E-state index contributed by atoms with van der Waals surface area (Å²) in [5.41, 5.74) is -0.810. The smallest absolute Gasteiger partial charge is 0.282 e. The number of amides is 2. The molecule has 7 nitrogen and oxygen atoms in total. The number of carbonyl (C=O) groups is 2. The zero-order chi connectivity index (χ0) is 15.6. The van der Waals surface area contributed by atoms with Gasteiger partial charge in [0, 0.05) is 19.2 Å². The van der Waals surface area contributed by atoms with E-state index in [1.165, 1.54) is 4.90 Å². The minimum absolute atomic E-state index is 0.233. The second kappa shape index (κ2) is 5.86. The molecule has 1 atom stereocenters. The predicted molar refractivity (Wildman–Crippen MR) is 71.2 cm³/mol. The molecule has 1 unspecified atom stereocenters. The van der Waals surface area contributed by atoms with Crippen LogP contribution in [0.15, 0.2) is 18.2 Å². The number of benzene rings is 1. The molecule has 0 aliphatic carbocycles. The zero-order valence-corrected chi connectivity index (χ0v) is 11.3. The van der Waals surface area contributed by atoms with Crippen LogP contribution in [0.2, 0.25) is 0 Å². The Labute approximate surface area is 119 Å². The van der Waals surface area contributed by atoms with E-state index in [2.05, 4.69) is 5.32 Å².